The lowest BCUT2D eigenvalue weighted by atomic mass is 10.1. The Morgan fingerprint density at radius 3 is 2.50 bits per heavy atom. The van der Waals surface area contributed by atoms with Gasteiger partial charge in [-0.1, -0.05) is 30.3 Å². The number of hydrogen-bond acceptors (Lipinski definition) is 3. The van der Waals surface area contributed by atoms with E-state index in [-0.39, 0.29) is 11.9 Å². The van der Waals surface area contributed by atoms with Crippen molar-refractivity contribution in [1.82, 2.24) is 4.90 Å². The summed E-state index contributed by atoms with van der Waals surface area (Å²) >= 11 is 0. The van der Waals surface area contributed by atoms with Gasteiger partial charge in [-0.05, 0) is 18.9 Å². The molecule has 0 heterocycles. The van der Waals surface area contributed by atoms with E-state index >= 15 is 0 Å². The van der Waals surface area contributed by atoms with Gasteiger partial charge in [-0.3, -0.25) is 4.79 Å². The van der Waals surface area contributed by atoms with Crippen LogP contribution >= 0.6 is 0 Å². The smallest absolute Gasteiger partial charge is 0.256 e. The van der Waals surface area contributed by atoms with Crippen molar-refractivity contribution in [2.24, 2.45) is 5.73 Å². The first-order valence-corrected chi connectivity index (χ1v) is 6.14. The number of amides is 1. The lowest BCUT2D eigenvalue weighted by Gasteiger charge is -2.23. The van der Waals surface area contributed by atoms with Crippen LogP contribution in [0, 0.1) is 0 Å². The maximum atomic E-state index is 12.2. The maximum absolute atomic E-state index is 12.2. The summed E-state index contributed by atoms with van der Waals surface area (Å²) in [5, 5.41) is 0. The summed E-state index contributed by atoms with van der Waals surface area (Å²) in [5.74, 6) is -0.0376. The number of nitrogens with two attached hydrogens (primary N) is 1. The van der Waals surface area contributed by atoms with Crippen LogP contribution in [0.5, 0.6) is 0 Å². The van der Waals surface area contributed by atoms with Crippen LogP contribution in [-0.4, -0.2) is 37.6 Å². The molecule has 0 aliphatic rings. The zero-order chi connectivity index (χ0) is 13.5. The standard InChI is InChI=1S/C14H22N2O2/c1-11(15)9-10-16(2)14(17)13(18-3)12-7-5-4-6-8-12/h4-8,11,13H,9-10,15H2,1-3H3. The molecule has 2 unspecified atom stereocenters. The molecule has 0 aromatic heterocycles. The second kappa shape index (κ2) is 7.13. The molecule has 18 heavy (non-hydrogen) atoms. The molecule has 2 N–H and O–H groups in total. The summed E-state index contributed by atoms with van der Waals surface area (Å²) in [6.07, 6.45) is 0.247. The molecule has 0 saturated carbocycles. The van der Waals surface area contributed by atoms with Gasteiger partial charge in [0, 0.05) is 26.7 Å². The van der Waals surface area contributed by atoms with E-state index in [0.717, 1.165) is 12.0 Å². The molecular formula is C14H22N2O2. The number of carbonyl (C=O) groups excluding carboxylic acids is 1. The highest BCUT2D eigenvalue weighted by atomic mass is 16.5. The molecule has 4 nitrogen and oxygen atoms in total. The van der Waals surface area contributed by atoms with Crippen LogP contribution < -0.4 is 5.73 Å². The van der Waals surface area contributed by atoms with Gasteiger partial charge < -0.3 is 15.4 Å². The van der Waals surface area contributed by atoms with Crippen LogP contribution in [0.4, 0.5) is 0 Å². The maximum Gasteiger partial charge on any atom is 0.256 e. The van der Waals surface area contributed by atoms with Crippen LogP contribution in [0.25, 0.3) is 0 Å². The van der Waals surface area contributed by atoms with Gasteiger partial charge in [-0.2, -0.15) is 0 Å². The van der Waals surface area contributed by atoms with Gasteiger partial charge in [-0.15, -0.1) is 0 Å². The summed E-state index contributed by atoms with van der Waals surface area (Å²) in [5.41, 5.74) is 6.56. The lowest BCUT2D eigenvalue weighted by molar-refractivity contribution is -0.141. The minimum Gasteiger partial charge on any atom is -0.367 e. The fraction of sp³-hybridized carbons (Fsp3) is 0.500. The number of rotatable bonds is 6. The molecule has 1 amide bonds. The third-order valence-corrected chi connectivity index (χ3v) is 2.86. The van der Waals surface area contributed by atoms with E-state index in [9.17, 15) is 4.79 Å². The molecule has 0 aliphatic heterocycles. The van der Waals surface area contributed by atoms with Crippen molar-refractivity contribution in [3.63, 3.8) is 0 Å². The fourth-order valence-electron chi connectivity index (χ4n) is 1.71. The zero-order valence-electron chi connectivity index (χ0n) is 11.3. The minimum absolute atomic E-state index is 0.0376. The fourth-order valence-corrected chi connectivity index (χ4v) is 1.71. The van der Waals surface area contributed by atoms with Gasteiger partial charge in [0.1, 0.15) is 0 Å². The second-order valence-corrected chi connectivity index (χ2v) is 4.55. The number of likely N-dealkylation sites (N-methyl/N-ethyl adjacent to an activating group) is 1. The average Bonchev–Trinajstić information content (AvgIpc) is 2.38. The first kappa shape index (κ1) is 14.7. The Morgan fingerprint density at radius 2 is 2.00 bits per heavy atom. The van der Waals surface area contributed by atoms with Crippen molar-refractivity contribution in [3.8, 4) is 0 Å². The number of methoxy groups -OCH3 is 1. The Balaban J connectivity index is 2.68. The summed E-state index contributed by atoms with van der Waals surface area (Å²) in [6.45, 7) is 2.58. The number of benzene rings is 1. The Hall–Kier alpha value is -1.39. The third-order valence-electron chi connectivity index (χ3n) is 2.86. The molecule has 0 radical (unpaired) electrons. The van der Waals surface area contributed by atoms with Gasteiger partial charge >= 0.3 is 0 Å². The first-order valence-electron chi connectivity index (χ1n) is 6.14. The largest absolute Gasteiger partial charge is 0.367 e. The van der Waals surface area contributed by atoms with Crippen molar-refractivity contribution in [3.05, 3.63) is 35.9 Å². The molecule has 1 rings (SSSR count). The molecule has 1 aromatic carbocycles. The summed E-state index contributed by atoms with van der Waals surface area (Å²) in [4.78, 5) is 13.9. The Morgan fingerprint density at radius 1 is 1.39 bits per heavy atom. The van der Waals surface area contributed by atoms with Gasteiger partial charge in [0.2, 0.25) is 0 Å². The predicted octanol–water partition coefficient (Wildman–Crippen LogP) is 1.57. The van der Waals surface area contributed by atoms with Gasteiger partial charge in [0.05, 0.1) is 0 Å². The van der Waals surface area contributed by atoms with Crippen molar-refractivity contribution >= 4 is 5.91 Å². The summed E-state index contributed by atoms with van der Waals surface area (Å²) < 4.78 is 5.30. The SMILES string of the molecule is COC(C(=O)N(C)CCC(C)N)c1ccccc1. The topological polar surface area (TPSA) is 55.6 Å². The highest BCUT2D eigenvalue weighted by molar-refractivity contribution is 5.82. The van der Waals surface area contributed by atoms with E-state index in [1.807, 2.05) is 37.3 Å². The van der Waals surface area contributed by atoms with Crippen molar-refractivity contribution in [2.75, 3.05) is 20.7 Å². The zero-order valence-corrected chi connectivity index (χ0v) is 11.3. The Labute approximate surface area is 109 Å². The van der Waals surface area contributed by atoms with Crippen LogP contribution in [0.15, 0.2) is 30.3 Å². The highest BCUT2D eigenvalue weighted by Crippen LogP contribution is 2.18. The summed E-state index contributed by atoms with van der Waals surface area (Å²) in [7, 11) is 3.33. The minimum atomic E-state index is -0.538. The van der Waals surface area contributed by atoms with Gasteiger partial charge in [0.15, 0.2) is 6.10 Å². The monoisotopic (exact) mass is 250 g/mol. The Kier molecular flexibility index (Phi) is 5.82. The molecule has 2 atom stereocenters. The van der Waals surface area contributed by atoms with Crippen molar-refractivity contribution in [2.45, 2.75) is 25.5 Å². The van der Waals surface area contributed by atoms with E-state index < -0.39 is 6.10 Å². The number of carbonyl (C=O) groups is 1. The summed E-state index contributed by atoms with van der Waals surface area (Å²) in [6, 6.07) is 9.60. The van der Waals surface area contributed by atoms with Crippen molar-refractivity contribution < 1.29 is 9.53 Å². The highest BCUT2D eigenvalue weighted by Gasteiger charge is 2.23. The lowest BCUT2D eigenvalue weighted by Crippen LogP contribution is -2.35. The van der Waals surface area contributed by atoms with Gasteiger partial charge in [-0.25, -0.2) is 0 Å². The normalized spacial score (nSPS) is 14.0. The van der Waals surface area contributed by atoms with Crippen LogP contribution in [0.3, 0.4) is 0 Å². The van der Waals surface area contributed by atoms with E-state index in [1.54, 1.807) is 19.1 Å². The molecule has 1 aromatic rings. The average molecular weight is 250 g/mol. The van der Waals surface area contributed by atoms with Crippen LogP contribution in [0.1, 0.15) is 25.0 Å². The molecule has 0 fully saturated rings. The molecule has 4 heteroatoms. The molecular weight excluding hydrogens is 228 g/mol. The van der Waals surface area contributed by atoms with Crippen molar-refractivity contribution in [1.29, 1.82) is 0 Å². The second-order valence-electron chi connectivity index (χ2n) is 4.55. The Bertz CT molecular complexity index is 365. The number of ether oxygens (including phenoxy) is 1. The number of nitrogens with zero attached hydrogens (tertiary/aromatic N) is 1. The predicted molar refractivity (Wildman–Crippen MR) is 72.1 cm³/mol. The molecule has 100 valence electrons. The third kappa shape index (κ3) is 4.13. The van der Waals surface area contributed by atoms with Gasteiger partial charge in [0.25, 0.3) is 5.91 Å². The van der Waals surface area contributed by atoms with E-state index in [1.165, 1.54) is 0 Å². The number of hydrogen-bond donors (Lipinski definition) is 1. The molecule has 0 bridgehead atoms. The molecule has 0 aliphatic carbocycles. The van der Waals surface area contributed by atoms with E-state index in [4.69, 9.17) is 10.5 Å². The van der Waals surface area contributed by atoms with E-state index in [2.05, 4.69) is 0 Å². The quantitative estimate of drug-likeness (QED) is 0.833. The van der Waals surface area contributed by atoms with E-state index in [0.29, 0.717) is 6.54 Å². The van der Waals surface area contributed by atoms with Crippen LogP contribution in [0.2, 0.25) is 0 Å². The molecule has 0 spiro atoms. The molecule has 0 saturated heterocycles. The van der Waals surface area contributed by atoms with Crippen LogP contribution in [-0.2, 0) is 9.53 Å². The first-order chi connectivity index (χ1) is 8.56.